The van der Waals surface area contributed by atoms with Gasteiger partial charge in [0, 0.05) is 18.8 Å². The van der Waals surface area contributed by atoms with Gasteiger partial charge in [-0.15, -0.1) is 0 Å². The van der Waals surface area contributed by atoms with Gasteiger partial charge in [-0.2, -0.15) is 0 Å². The lowest BCUT2D eigenvalue weighted by Crippen LogP contribution is -2.33. The molecule has 1 aliphatic heterocycles. The summed E-state index contributed by atoms with van der Waals surface area (Å²) in [6.07, 6.45) is 3.37. The first-order valence-electron chi connectivity index (χ1n) is 7.53. The van der Waals surface area contributed by atoms with Gasteiger partial charge >= 0.3 is 0 Å². The van der Waals surface area contributed by atoms with Crippen LogP contribution in [0.3, 0.4) is 0 Å². The van der Waals surface area contributed by atoms with Gasteiger partial charge in [-0.1, -0.05) is 32.9 Å². The number of rotatable bonds is 1. The summed E-state index contributed by atoms with van der Waals surface area (Å²) in [4.78, 5) is 14.5. The van der Waals surface area contributed by atoms with Crippen LogP contribution in [0.4, 0.5) is 5.69 Å². The number of amides is 1. The molecule has 2 N–H and O–H groups in total. The van der Waals surface area contributed by atoms with E-state index < -0.39 is 0 Å². The highest BCUT2D eigenvalue weighted by atomic mass is 16.2. The summed E-state index contributed by atoms with van der Waals surface area (Å²) >= 11 is 0. The first kappa shape index (κ1) is 14.9. The van der Waals surface area contributed by atoms with Crippen molar-refractivity contribution in [3.8, 4) is 0 Å². The summed E-state index contributed by atoms with van der Waals surface area (Å²) in [6.45, 7) is 8.58. The molecule has 1 aliphatic rings. The molecule has 20 heavy (non-hydrogen) atoms. The molecule has 3 nitrogen and oxygen atoms in total. The fourth-order valence-electron chi connectivity index (χ4n) is 3.03. The highest BCUT2D eigenvalue weighted by Crippen LogP contribution is 2.34. The number of hydrogen-bond acceptors (Lipinski definition) is 2. The van der Waals surface area contributed by atoms with Crippen LogP contribution < -0.4 is 5.73 Å². The SMILES string of the molecule is CC(C)(C)C1CCCN(C(=O)c2ccccc2N)CC1. The smallest absolute Gasteiger partial charge is 0.255 e. The van der Waals surface area contributed by atoms with Gasteiger partial charge in [0.1, 0.15) is 0 Å². The van der Waals surface area contributed by atoms with E-state index in [2.05, 4.69) is 20.8 Å². The van der Waals surface area contributed by atoms with E-state index in [9.17, 15) is 4.79 Å². The Bertz CT molecular complexity index is 476. The number of anilines is 1. The van der Waals surface area contributed by atoms with Crippen LogP contribution in [0.5, 0.6) is 0 Å². The fourth-order valence-corrected chi connectivity index (χ4v) is 3.03. The van der Waals surface area contributed by atoms with Gasteiger partial charge in [0.15, 0.2) is 0 Å². The van der Waals surface area contributed by atoms with E-state index in [-0.39, 0.29) is 5.91 Å². The van der Waals surface area contributed by atoms with Crippen LogP contribution >= 0.6 is 0 Å². The zero-order chi connectivity index (χ0) is 14.8. The van der Waals surface area contributed by atoms with Gasteiger partial charge < -0.3 is 10.6 Å². The van der Waals surface area contributed by atoms with Gasteiger partial charge in [-0.05, 0) is 42.7 Å². The normalized spacial score (nSPS) is 20.6. The number of carbonyl (C=O) groups excluding carboxylic acids is 1. The summed E-state index contributed by atoms with van der Waals surface area (Å²) in [5, 5.41) is 0. The van der Waals surface area contributed by atoms with Crippen molar-refractivity contribution < 1.29 is 4.79 Å². The Labute approximate surface area is 122 Å². The van der Waals surface area contributed by atoms with Gasteiger partial charge in [0.05, 0.1) is 5.56 Å². The summed E-state index contributed by atoms with van der Waals surface area (Å²) in [5.74, 6) is 0.770. The Balaban J connectivity index is 2.08. The number of benzene rings is 1. The van der Waals surface area contributed by atoms with E-state index >= 15 is 0 Å². The summed E-state index contributed by atoms with van der Waals surface area (Å²) in [6, 6.07) is 7.36. The molecule has 1 aromatic carbocycles. The van der Waals surface area contributed by atoms with Crippen molar-refractivity contribution in [1.29, 1.82) is 0 Å². The lowest BCUT2D eigenvalue weighted by Gasteiger charge is -2.29. The standard InChI is InChI=1S/C17H26N2O/c1-17(2,3)13-7-6-11-19(12-10-13)16(20)14-8-4-5-9-15(14)18/h4-5,8-9,13H,6-7,10-12,18H2,1-3H3. The van der Waals surface area contributed by atoms with Crippen LogP contribution in [-0.4, -0.2) is 23.9 Å². The minimum absolute atomic E-state index is 0.0812. The van der Waals surface area contributed by atoms with Crippen LogP contribution in [-0.2, 0) is 0 Å². The summed E-state index contributed by atoms with van der Waals surface area (Å²) < 4.78 is 0. The number of nitrogens with zero attached hydrogens (tertiary/aromatic N) is 1. The molecule has 0 aliphatic carbocycles. The van der Waals surface area contributed by atoms with Crippen molar-refractivity contribution in [3.05, 3.63) is 29.8 Å². The zero-order valence-electron chi connectivity index (χ0n) is 12.9. The van der Waals surface area contributed by atoms with E-state index in [0.29, 0.717) is 22.6 Å². The Morgan fingerprint density at radius 1 is 1.20 bits per heavy atom. The molecule has 1 amide bonds. The summed E-state index contributed by atoms with van der Waals surface area (Å²) in [5.41, 5.74) is 7.46. The molecule has 0 spiro atoms. The van der Waals surface area contributed by atoms with Crippen molar-refractivity contribution in [2.24, 2.45) is 11.3 Å². The minimum atomic E-state index is 0.0812. The maximum atomic E-state index is 12.6. The minimum Gasteiger partial charge on any atom is -0.398 e. The van der Waals surface area contributed by atoms with Crippen molar-refractivity contribution >= 4 is 11.6 Å². The second-order valence-corrected chi connectivity index (χ2v) is 6.87. The monoisotopic (exact) mass is 274 g/mol. The number of likely N-dealkylation sites (tertiary alicyclic amines) is 1. The molecule has 110 valence electrons. The molecule has 0 aromatic heterocycles. The molecule has 1 unspecified atom stereocenters. The first-order valence-corrected chi connectivity index (χ1v) is 7.53. The Hall–Kier alpha value is -1.51. The second kappa shape index (κ2) is 5.86. The van der Waals surface area contributed by atoms with E-state index in [0.717, 1.165) is 25.9 Å². The third kappa shape index (κ3) is 3.33. The van der Waals surface area contributed by atoms with Crippen LogP contribution in [0, 0.1) is 11.3 Å². The molecular formula is C17H26N2O. The third-order valence-electron chi connectivity index (χ3n) is 4.43. The number of nitrogens with two attached hydrogens (primary N) is 1. The maximum Gasteiger partial charge on any atom is 0.255 e. The van der Waals surface area contributed by atoms with E-state index in [1.54, 1.807) is 6.07 Å². The van der Waals surface area contributed by atoms with Crippen molar-refractivity contribution in [1.82, 2.24) is 4.90 Å². The number of para-hydroxylation sites is 1. The molecule has 1 aromatic rings. The molecule has 0 radical (unpaired) electrons. The van der Waals surface area contributed by atoms with Gasteiger partial charge in [-0.3, -0.25) is 4.79 Å². The quantitative estimate of drug-likeness (QED) is 0.796. The molecule has 1 fully saturated rings. The molecule has 0 saturated carbocycles. The Morgan fingerprint density at radius 2 is 1.90 bits per heavy atom. The molecule has 1 saturated heterocycles. The van der Waals surface area contributed by atoms with Crippen molar-refractivity contribution in [3.63, 3.8) is 0 Å². The topological polar surface area (TPSA) is 46.3 Å². The average molecular weight is 274 g/mol. The zero-order valence-corrected chi connectivity index (χ0v) is 12.9. The predicted octanol–water partition coefficient (Wildman–Crippen LogP) is 3.56. The predicted molar refractivity (Wildman–Crippen MR) is 83.6 cm³/mol. The van der Waals surface area contributed by atoms with Crippen LogP contribution in [0.2, 0.25) is 0 Å². The summed E-state index contributed by atoms with van der Waals surface area (Å²) in [7, 11) is 0. The molecule has 2 rings (SSSR count). The van der Waals surface area contributed by atoms with Gasteiger partial charge in [0.25, 0.3) is 5.91 Å². The third-order valence-corrected chi connectivity index (χ3v) is 4.43. The maximum absolute atomic E-state index is 12.6. The molecular weight excluding hydrogens is 248 g/mol. The van der Waals surface area contributed by atoms with Gasteiger partial charge in [0.2, 0.25) is 0 Å². The number of hydrogen-bond donors (Lipinski definition) is 1. The van der Waals surface area contributed by atoms with Crippen molar-refractivity contribution in [2.75, 3.05) is 18.8 Å². The first-order chi connectivity index (χ1) is 9.39. The number of nitrogen functional groups attached to an aromatic ring is 1. The largest absolute Gasteiger partial charge is 0.398 e. The second-order valence-electron chi connectivity index (χ2n) is 6.87. The molecule has 1 heterocycles. The molecule has 1 atom stereocenters. The van der Waals surface area contributed by atoms with Crippen molar-refractivity contribution in [2.45, 2.75) is 40.0 Å². The lowest BCUT2D eigenvalue weighted by atomic mass is 9.77. The molecule has 3 heteroatoms. The highest BCUT2D eigenvalue weighted by molar-refractivity contribution is 5.99. The number of carbonyl (C=O) groups is 1. The lowest BCUT2D eigenvalue weighted by molar-refractivity contribution is 0.0756. The van der Waals surface area contributed by atoms with Gasteiger partial charge in [-0.25, -0.2) is 0 Å². The molecule has 0 bridgehead atoms. The van der Waals surface area contributed by atoms with E-state index in [1.165, 1.54) is 6.42 Å². The van der Waals surface area contributed by atoms with Crippen LogP contribution in [0.25, 0.3) is 0 Å². The highest BCUT2D eigenvalue weighted by Gasteiger charge is 2.29. The Kier molecular flexibility index (Phi) is 4.36. The van der Waals surface area contributed by atoms with Crippen LogP contribution in [0.1, 0.15) is 50.4 Å². The van der Waals surface area contributed by atoms with Crippen LogP contribution in [0.15, 0.2) is 24.3 Å². The Morgan fingerprint density at radius 3 is 2.55 bits per heavy atom. The van der Waals surface area contributed by atoms with E-state index in [4.69, 9.17) is 5.73 Å². The fraction of sp³-hybridized carbons (Fsp3) is 0.588. The average Bonchev–Trinajstić information content (AvgIpc) is 2.63. The van der Waals surface area contributed by atoms with E-state index in [1.807, 2.05) is 23.1 Å².